The number of allylic oxidation sites excluding steroid dienone is 4. The molecular weight excluding hydrogens is 420 g/mol. The Morgan fingerprint density at radius 1 is 1.03 bits per heavy atom. The molecule has 0 aliphatic rings. The van der Waals surface area contributed by atoms with Crippen LogP contribution >= 0.6 is 11.6 Å². The molecule has 7 heteroatoms. The van der Waals surface area contributed by atoms with Crippen LogP contribution in [0.15, 0.2) is 96.5 Å². The molecular formula is C25H23ClN6. The molecule has 160 valence electrons. The van der Waals surface area contributed by atoms with Gasteiger partial charge in [0.15, 0.2) is 11.5 Å². The van der Waals surface area contributed by atoms with E-state index in [1.807, 2.05) is 80.6 Å². The van der Waals surface area contributed by atoms with E-state index in [0.717, 1.165) is 27.9 Å². The third kappa shape index (κ3) is 4.55. The molecule has 0 spiro atoms. The first-order valence-corrected chi connectivity index (χ1v) is 10.4. The van der Waals surface area contributed by atoms with Crippen molar-refractivity contribution < 1.29 is 0 Å². The average molecular weight is 443 g/mol. The topological polar surface area (TPSA) is 81.7 Å². The molecule has 2 aromatic heterocycles. The molecule has 4 rings (SSSR count). The van der Waals surface area contributed by atoms with E-state index < -0.39 is 0 Å². The van der Waals surface area contributed by atoms with E-state index in [9.17, 15) is 0 Å². The maximum Gasteiger partial charge on any atom is 0.169 e. The summed E-state index contributed by atoms with van der Waals surface area (Å²) in [6.07, 6.45) is 5.51. The Bertz CT molecular complexity index is 1330. The molecule has 0 amide bonds. The van der Waals surface area contributed by atoms with E-state index in [1.165, 1.54) is 0 Å². The molecule has 0 aliphatic carbocycles. The number of benzene rings is 2. The van der Waals surface area contributed by atoms with E-state index in [4.69, 9.17) is 27.3 Å². The number of para-hydroxylation sites is 1. The number of rotatable bonds is 6. The Hall–Kier alpha value is -3.90. The Balaban J connectivity index is 1.84. The highest BCUT2D eigenvalue weighted by molar-refractivity contribution is 6.30. The standard InChI is InChI=1S/C25H23ClN6/c1-16(9-10-17(2)27)18(3)29-24-22-15-28-32(21-7-5-4-6-8-21)25(22)31-23(30-24)19-11-13-20(26)14-12-19/h4-15H,3,27H2,1-2H3,(H,29,30,31)/b16-9+,17-10+. The van der Waals surface area contributed by atoms with Crippen LogP contribution in [-0.2, 0) is 0 Å². The van der Waals surface area contributed by atoms with Crippen molar-refractivity contribution in [3.8, 4) is 17.1 Å². The van der Waals surface area contributed by atoms with Crippen molar-refractivity contribution >= 4 is 28.5 Å². The maximum atomic E-state index is 6.07. The van der Waals surface area contributed by atoms with Crippen molar-refractivity contribution in [2.45, 2.75) is 13.8 Å². The van der Waals surface area contributed by atoms with E-state index in [2.05, 4.69) is 17.0 Å². The Morgan fingerprint density at radius 3 is 2.44 bits per heavy atom. The van der Waals surface area contributed by atoms with Gasteiger partial charge in [0, 0.05) is 22.0 Å². The number of fused-ring (bicyclic) bond motifs is 1. The second-order valence-corrected chi connectivity index (χ2v) is 7.83. The van der Waals surface area contributed by atoms with Crippen molar-refractivity contribution in [2.24, 2.45) is 5.73 Å². The van der Waals surface area contributed by atoms with Crippen LogP contribution in [0.1, 0.15) is 13.8 Å². The van der Waals surface area contributed by atoms with Gasteiger partial charge >= 0.3 is 0 Å². The minimum atomic E-state index is 0.557. The maximum absolute atomic E-state index is 6.07. The predicted molar refractivity (Wildman–Crippen MR) is 132 cm³/mol. The molecule has 0 fully saturated rings. The number of nitrogens with two attached hydrogens (primary N) is 1. The van der Waals surface area contributed by atoms with Gasteiger partial charge in [-0.15, -0.1) is 0 Å². The second-order valence-electron chi connectivity index (χ2n) is 7.40. The largest absolute Gasteiger partial charge is 0.402 e. The lowest BCUT2D eigenvalue weighted by Crippen LogP contribution is -2.05. The summed E-state index contributed by atoms with van der Waals surface area (Å²) in [7, 11) is 0. The van der Waals surface area contributed by atoms with Crippen molar-refractivity contribution in [3.05, 3.63) is 102 Å². The molecule has 3 N–H and O–H groups in total. The summed E-state index contributed by atoms with van der Waals surface area (Å²) in [6.45, 7) is 7.96. The molecule has 0 aliphatic heterocycles. The van der Waals surface area contributed by atoms with Gasteiger partial charge in [0.25, 0.3) is 0 Å². The first-order valence-electron chi connectivity index (χ1n) is 10.1. The van der Waals surface area contributed by atoms with Crippen molar-refractivity contribution in [1.29, 1.82) is 0 Å². The fourth-order valence-electron chi connectivity index (χ4n) is 3.09. The Labute approximate surface area is 191 Å². The summed E-state index contributed by atoms with van der Waals surface area (Å²) in [6, 6.07) is 17.3. The Morgan fingerprint density at radius 2 is 1.75 bits per heavy atom. The summed E-state index contributed by atoms with van der Waals surface area (Å²) in [5, 5.41) is 9.34. The molecule has 0 saturated carbocycles. The van der Waals surface area contributed by atoms with Crippen molar-refractivity contribution in [3.63, 3.8) is 0 Å². The lowest BCUT2D eigenvalue weighted by atomic mass is 10.2. The molecule has 32 heavy (non-hydrogen) atoms. The number of hydrogen-bond donors (Lipinski definition) is 2. The third-order valence-electron chi connectivity index (χ3n) is 4.87. The van der Waals surface area contributed by atoms with Crippen LogP contribution < -0.4 is 11.1 Å². The van der Waals surface area contributed by atoms with E-state index in [-0.39, 0.29) is 0 Å². The van der Waals surface area contributed by atoms with Gasteiger partial charge in [-0.3, -0.25) is 0 Å². The molecule has 0 unspecified atom stereocenters. The smallest absolute Gasteiger partial charge is 0.169 e. The fraction of sp³-hybridized carbons (Fsp3) is 0.0800. The zero-order valence-electron chi connectivity index (χ0n) is 17.9. The summed E-state index contributed by atoms with van der Waals surface area (Å²) in [4.78, 5) is 9.60. The van der Waals surface area contributed by atoms with E-state index >= 15 is 0 Å². The highest BCUT2D eigenvalue weighted by Gasteiger charge is 2.16. The van der Waals surface area contributed by atoms with E-state index in [1.54, 1.807) is 10.9 Å². The van der Waals surface area contributed by atoms with Gasteiger partial charge in [-0.1, -0.05) is 42.5 Å². The number of hydrogen-bond acceptors (Lipinski definition) is 5. The van der Waals surface area contributed by atoms with Crippen LogP contribution in [0.2, 0.25) is 5.02 Å². The molecule has 6 nitrogen and oxygen atoms in total. The fourth-order valence-corrected chi connectivity index (χ4v) is 3.21. The normalized spacial score (nSPS) is 12.2. The second kappa shape index (κ2) is 9.08. The summed E-state index contributed by atoms with van der Waals surface area (Å²) in [5.74, 6) is 1.18. The molecule has 0 atom stereocenters. The first kappa shape index (κ1) is 21.3. The summed E-state index contributed by atoms with van der Waals surface area (Å²) in [5.41, 5.74) is 10.5. The highest BCUT2D eigenvalue weighted by atomic mass is 35.5. The number of nitrogens with zero attached hydrogens (tertiary/aromatic N) is 4. The number of halogens is 1. The molecule has 4 aromatic rings. The van der Waals surface area contributed by atoms with Crippen LogP contribution in [0.25, 0.3) is 28.1 Å². The Kier molecular flexibility index (Phi) is 6.05. The lowest BCUT2D eigenvalue weighted by molar-refractivity contribution is 0.896. The van der Waals surface area contributed by atoms with Crippen LogP contribution in [0.4, 0.5) is 5.82 Å². The van der Waals surface area contributed by atoms with E-state index in [0.29, 0.717) is 28.0 Å². The molecule has 2 heterocycles. The lowest BCUT2D eigenvalue weighted by Gasteiger charge is -2.12. The number of aromatic nitrogens is 4. The molecule has 2 aromatic carbocycles. The van der Waals surface area contributed by atoms with Gasteiger partial charge in [-0.25, -0.2) is 14.6 Å². The SMILES string of the molecule is C=C(Nc1nc(-c2ccc(Cl)cc2)nc2c1cnn2-c1ccccc1)/C(C)=C/C=C(\C)N. The average Bonchev–Trinajstić information content (AvgIpc) is 3.22. The quantitative estimate of drug-likeness (QED) is 0.365. The highest BCUT2D eigenvalue weighted by Crippen LogP contribution is 2.28. The zero-order chi connectivity index (χ0) is 22.7. The minimum absolute atomic E-state index is 0.557. The first-order chi connectivity index (χ1) is 15.4. The van der Waals surface area contributed by atoms with Crippen LogP contribution in [0.3, 0.4) is 0 Å². The predicted octanol–water partition coefficient (Wildman–Crippen LogP) is 5.87. The van der Waals surface area contributed by atoms with Crippen molar-refractivity contribution in [2.75, 3.05) is 5.32 Å². The minimum Gasteiger partial charge on any atom is -0.402 e. The van der Waals surface area contributed by atoms with Crippen LogP contribution in [0, 0.1) is 0 Å². The third-order valence-corrected chi connectivity index (χ3v) is 5.13. The monoisotopic (exact) mass is 442 g/mol. The number of nitrogens with one attached hydrogen (secondary N) is 1. The van der Waals surface area contributed by atoms with Crippen LogP contribution in [0.5, 0.6) is 0 Å². The van der Waals surface area contributed by atoms with Gasteiger partial charge in [-0.2, -0.15) is 5.10 Å². The summed E-state index contributed by atoms with van der Waals surface area (Å²) < 4.78 is 1.80. The summed E-state index contributed by atoms with van der Waals surface area (Å²) >= 11 is 6.07. The zero-order valence-corrected chi connectivity index (χ0v) is 18.6. The molecule has 0 bridgehead atoms. The van der Waals surface area contributed by atoms with Gasteiger partial charge in [-0.05, 0) is 61.9 Å². The molecule has 0 radical (unpaired) electrons. The number of anilines is 1. The van der Waals surface area contributed by atoms with Crippen LogP contribution in [-0.4, -0.2) is 19.7 Å². The van der Waals surface area contributed by atoms with Gasteiger partial charge < -0.3 is 11.1 Å². The van der Waals surface area contributed by atoms with Gasteiger partial charge in [0.1, 0.15) is 5.82 Å². The van der Waals surface area contributed by atoms with Gasteiger partial charge in [0.2, 0.25) is 0 Å². The van der Waals surface area contributed by atoms with Crippen molar-refractivity contribution in [1.82, 2.24) is 19.7 Å². The van der Waals surface area contributed by atoms with Gasteiger partial charge in [0.05, 0.1) is 17.3 Å². The molecule has 0 saturated heterocycles.